The van der Waals surface area contributed by atoms with Gasteiger partial charge in [0.05, 0.1) is 6.54 Å². The van der Waals surface area contributed by atoms with E-state index in [4.69, 9.17) is 0 Å². The van der Waals surface area contributed by atoms with Crippen molar-refractivity contribution in [1.82, 2.24) is 4.90 Å². The quantitative estimate of drug-likeness (QED) is 0.684. The molecule has 0 aromatic heterocycles. The van der Waals surface area contributed by atoms with Crippen LogP contribution < -0.4 is 0 Å². The summed E-state index contributed by atoms with van der Waals surface area (Å²) in [6.07, 6.45) is 2.18. The maximum Gasteiger partial charge on any atom is 0.177 e. The lowest BCUT2D eigenvalue weighted by Gasteiger charge is -2.23. The average molecular weight is 289 g/mol. The number of hydrogen-bond acceptors (Lipinski definition) is 2. The van der Waals surface area contributed by atoms with E-state index < -0.39 is 0 Å². The van der Waals surface area contributed by atoms with Crippen molar-refractivity contribution in [2.45, 2.75) is 59.8 Å². The Morgan fingerprint density at radius 3 is 2.14 bits per heavy atom. The van der Waals surface area contributed by atoms with Crippen molar-refractivity contribution in [1.29, 1.82) is 0 Å². The van der Waals surface area contributed by atoms with Gasteiger partial charge in [0.2, 0.25) is 0 Å². The highest BCUT2D eigenvalue weighted by atomic mass is 16.1. The molecule has 0 N–H and O–H groups in total. The van der Waals surface area contributed by atoms with Gasteiger partial charge in [-0.2, -0.15) is 0 Å². The standard InChI is InChI=1S/C19H31NO/c1-7-11-20(12-8-2)14-18(21)17-13-16(19(4,5)6)10-9-15(17)3/h9-10,13H,7-8,11-12,14H2,1-6H3. The predicted octanol–water partition coefficient (Wildman–Crippen LogP) is 4.60. The molecule has 0 saturated heterocycles. The first-order valence-corrected chi connectivity index (χ1v) is 8.16. The summed E-state index contributed by atoms with van der Waals surface area (Å²) < 4.78 is 0. The Morgan fingerprint density at radius 1 is 1.10 bits per heavy atom. The lowest BCUT2D eigenvalue weighted by Crippen LogP contribution is -2.31. The third-order valence-corrected chi connectivity index (χ3v) is 3.85. The van der Waals surface area contributed by atoms with Crippen LogP contribution in [0.3, 0.4) is 0 Å². The summed E-state index contributed by atoms with van der Waals surface area (Å²) in [7, 11) is 0. The molecule has 0 heterocycles. The first-order chi connectivity index (χ1) is 9.79. The Bertz CT molecular complexity index is 465. The number of rotatable bonds is 7. The smallest absolute Gasteiger partial charge is 0.177 e. The zero-order chi connectivity index (χ0) is 16.0. The van der Waals surface area contributed by atoms with Crippen LogP contribution in [0.25, 0.3) is 0 Å². The molecule has 21 heavy (non-hydrogen) atoms. The molecule has 0 atom stereocenters. The van der Waals surface area contributed by atoms with Crippen molar-refractivity contribution < 1.29 is 4.79 Å². The molecule has 2 nitrogen and oxygen atoms in total. The normalized spacial score (nSPS) is 12.0. The van der Waals surface area contributed by atoms with Gasteiger partial charge >= 0.3 is 0 Å². The first kappa shape index (κ1) is 17.9. The van der Waals surface area contributed by atoms with Gasteiger partial charge in [0.1, 0.15) is 0 Å². The SMILES string of the molecule is CCCN(CCC)CC(=O)c1cc(C(C)(C)C)ccc1C. The molecule has 0 spiro atoms. The molecule has 0 saturated carbocycles. The van der Waals surface area contributed by atoms with Crippen molar-refractivity contribution in [2.24, 2.45) is 0 Å². The molecule has 118 valence electrons. The van der Waals surface area contributed by atoms with Crippen molar-refractivity contribution in [3.05, 3.63) is 34.9 Å². The van der Waals surface area contributed by atoms with Crippen LogP contribution in [-0.4, -0.2) is 30.3 Å². The monoisotopic (exact) mass is 289 g/mol. The number of ketones is 1. The predicted molar refractivity (Wildman–Crippen MR) is 91.2 cm³/mol. The Kier molecular flexibility index (Phi) is 6.60. The van der Waals surface area contributed by atoms with E-state index >= 15 is 0 Å². The minimum atomic E-state index is 0.0786. The molecule has 0 bridgehead atoms. The van der Waals surface area contributed by atoms with E-state index in [1.165, 1.54) is 5.56 Å². The van der Waals surface area contributed by atoms with E-state index in [0.717, 1.165) is 37.1 Å². The average Bonchev–Trinajstić information content (AvgIpc) is 2.38. The summed E-state index contributed by atoms with van der Waals surface area (Å²) in [6, 6.07) is 6.31. The van der Waals surface area contributed by atoms with Crippen LogP contribution in [0.15, 0.2) is 18.2 Å². The molecule has 0 aliphatic carbocycles. The number of hydrogen-bond donors (Lipinski definition) is 0. The number of Topliss-reactive ketones (excluding diaryl/α,β-unsaturated/α-hetero) is 1. The molecule has 0 radical (unpaired) electrons. The van der Waals surface area contributed by atoms with Crippen molar-refractivity contribution in [3.8, 4) is 0 Å². The molecule has 0 unspecified atom stereocenters. The van der Waals surface area contributed by atoms with Crippen molar-refractivity contribution in [2.75, 3.05) is 19.6 Å². The van der Waals surface area contributed by atoms with E-state index in [0.29, 0.717) is 6.54 Å². The van der Waals surface area contributed by atoms with Crippen molar-refractivity contribution >= 4 is 5.78 Å². The largest absolute Gasteiger partial charge is 0.296 e. The second-order valence-corrected chi connectivity index (χ2v) is 6.98. The Balaban J connectivity index is 2.95. The highest BCUT2D eigenvalue weighted by Crippen LogP contribution is 2.24. The van der Waals surface area contributed by atoms with Crippen LogP contribution in [-0.2, 0) is 5.41 Å². The summed E-state index contributed by atoms with van der Waals surface area (Å²) >= 11 is 0. The molecule has 0 aliphatic heterocycles. The molecule has 0 amide bonds. The van der Waals surface area contributed by atoms with Gasteiger partial charge in [-0.1, -0.05) is 46.8 Å². The van der Waals surface area contributed by atoms with Crippen LogP contribution in [0, 0.1) is 6.92 Å². The van der Waals surface area contributed by atoms with Crippen LogP contribution in [0.2, 0.25) is 0 Å². The van der Waals surface area contributed by atoms with Crippen molar-refractivity contribution in [3.63, 3.8) is 0 Å². The number of aryl methyl sites for hydroxylation is 1. The summed E-state index contributed by atoms with van der Waals surface area (Å²) in [6.45, 7) is 15.5. The van der Waals surface area contributed by atoms with Gasteiger partial charge in [-0.15, -0.1) is 0 Å². The second-order valence-electron chi connectivity index (χ2n) is 6.98. The van der Waals surface area contributed by atoms with Gasteiger partial charge in [-0.3, -0.25) is 9.69 Å². The maximum atomic E-state index is 12.7. The van der Waals surface area contributed by atoms with Gasteiger partial charge in [0, 0.05) is 5.56 Å². The number of carbonyl (C=O) groups excluding carboxylic acids is 1. The van der Waals surface area contributed by atoms with Crippen LogP contribution in [0.4, 0.5) is 0 Å². The zero-order valence-corrected chi connectivity index (χ0v) is 14.6. The third kappa shape index (κ3) is 5.28. The first-order valence-electron chi connectivity index (χ1n) is 8.16. The Labute approximate surface area is 130 Å². The Hall–Kier alpha value is -1.15. The highest BCUT2D eigenvalue weighted by Gasteiger charge is 2.18. The number of nitrogens with zero attached hydrogens (tertiary/aromatic N) is 1. The second kappa shape index (κ2) is 7.74. The van der Waals surface area contributed by atoms with Crippen LogP contribution in [0.1, 0.15) is 68.9 Å². The molecule has 1 aromatic rings. The lowest BCUT2D eigenvalue weighted by molar-refractivity contribution is 0.0930. The van der Waals surface area contributed by atoms with E-state index in [1.807, 2.05) is 6.92 Å². The Morgan fingerprint density at radius 2 is 1.67 bits per heavy atom. The minimum Gasteiger partial charge on any atom is -0.296 e. The summed E-state index contributed by atoms with van der Waals surface area (Å²) in [4.78, 5) is 14.9. The zero-order valence-electron chi connectivity index (χ0n) is 14.6. The minimum absolute atomic E-state index is 0.0786. The van der Waals surface area contributed by atoms with Gasteiger partial charge in [0.25, 0.3) is 0 Å². The highest BCUT2D eigenvalue weighted by molar-refractivity contribution is 5.99. The molecular formula is C19H31NO. The topological polar surface area (TPSA) is 20.3 Å². The molecule has 0 aliphatic rings. The van der Waals surface area contributed by atoms with Gasteiger partial charge in [-0.05, 0) is 55.5 Å². The van der Waals surface area contributed by atoms with Gasteiger partial charge in [0.15, 0.2) is 5.78 Å². The van der Waals surface area contributed by atoms with Gasteiger partial charge in [-0.25, -0.2) is 0 Å². The fourth-order valence-corrected chi connectivity index (χ4v) is 2.58. The maximum absolute atomic E-state index is 12.7. The van der Waals surface area contributed by atoms with E-state index in [-0.39, 0.29) is 11.2 Å². The molecule has 1 rings (SSSR count). The fourth-order valence-electron chi connectivity index (χ4n) is 2.58. The number of benzene rings is 1. The van der Waals surface area contributed by atoms with E-state index in [2.05, 4.69) is 57.7 Å². The molecule has 0 fully saturated rings. The molecular weight excluding hydrogens is 258 g/mol. The molecule has 1 aromatic carbocycles. The fraction of sp³-hybridized carbons (Fsp3) is 0.632. The summed E-state index contributed by atoms with van der Waals surface area (Å²) in [5.74, 6) is 0.250. The van der Waals surface area contributed by atoms with Crippen LogP contribution >= 0.6 is 0 Å². The number of carbonyl (C=O) groups is 1. The van der Waals surface area contributed by atoms with E-state index in [1.54, 1.807) is 0 Å². The lowest BCUT2D eigenvalue weighted by atomic mass is 9.84. The summed E-state index contributed by atoms with van der Waals surface area (Å²) in [5, 5.41) is 0. The van der Waals surface area contributed by atoms with E-state index in [9.17, 15) is 4.79 Å². The molecule has 2 heteroatoms. The third-order valence-electron chi connectivity index (χ3n) is 3.85. The van der Waals surface area contributed by atoms with Gasteiger partial charge < -0.3 is 0 Å². The summed E-state index contributed by atoms with van der Waals surface area (Å²) in [5.41, 5.74) is 3.28. The van der Waals surface area contributed by atoms with Crippen LogP contribution in [0.5, 0.6) is 0 Å².